The van der Waals surface area contributed by atoms with Gasteiger partial charge in [0.15, 0.2) is 0 Å². The molecule has 0 spiro atoms. The van der Waals surface area contributed by atoms with Gasteiger partial charge >= 0.3 is 0 Å². The van der Waals surface area contributed by atoms with Crippen molar-refractivity contribution in [2.24, 2.45) is 0 Å². The first-order valence-electron chi connectivity index (χ1n) is 5.45. The minimum Gasteiger partial charge on any atom is -0.207 e. The van der Waals surface area contributed by atoms with Gasteiger partial charge in [-0.15, -0.1) is 11.6 Å². The van der Waals surface area contributed by atoms with Crippen molar-refractivity contribution in [3.05, 3.63) is 68.7 Å². The number of aryl methyl sites for hydroxylation is 1. The average molecular weight is 322 g/mol. The second-order valence-corrected chi connectivity index (χ2v) is 5.38. The number of alkyl halides is 1. The van der Waals surface area contributed by atoms with Crippen molar-refractivity contribution < 1.29 is 8.78 Å². The van der Waals surface area contributed by atoms with Gasteiger partial charge in [0, 0.05) is 10.6 Å². The molecule has 2 aromatic carbocycles. The summed E-state index contributed by atoms with van der Waals surface area (Å²) in [5.41, 5.74) is 1.05. The molecule has 0 nitrogen and oxygen atoms in total. The Labute approximate surface area is 124 Å². The zero-order valence-electron chi connectivity index (χ0n) is 9.85. The third-order valence-corrected chi connectivity index (χ3v) is 3.89. The Kier molecular flexibility index (Phi) is 4.34. The van der Waals surface area contributed by atoms with Gasteiger partial charge in [-0.25, -0.2) is 8.78 Å². The second kappa shape index (κ2) is 5.66. The summed E-state index contributed by atoms with van der Waals surface area (Å²) in [5.74, 6) is -1.02. The zero-order chi connectivity index (χ0) is 14.2. The van der Waals surface area contributed by atoms with E-state index in [-0.39, 0.29) is 15.6 Å². The summed E-state index contributed by atoms with van der Waals surface area (Å²) in [5, 5.41) is -0.689. The molecule has 0 heterocycles. The zero-order valence-corrected chi connectivity index (χ0v) is 12.1. The third kappa shape index (κ3) is 2.86. The van der Waals surface area contributed by atoms with Crippen LogP contribution in [0.25, 0.3) is 0 Å². The van der Waals surface area contributed by atoms with E-state index in [1.165, 1.54) is 24.3 Å². The molecule has 1 unspecified atom stereocenters. The summed E-state index contributed by atoms with van der Waals surface area (Å²) in [7, 11) is 0. The van der Waals surface area contributed by atoms with Crippen LogP contribution >= 0.6 is 34.8 Å². The van der Waals surface area contributed by atoms with Crippen LogP contribution in [0, 0.1) is 18.6 Å². The standard InChI is InChI=1S/C14H9Cl3F2/c1-7-5-9(11(16)6-12(7)18)13(17)8-3-2-4-10(15)14(8)19/h2-6,13H,1H3. The highest BCUT2D eigenvalue weighted by atomic mass is 35.5. The molecule has 0 aliphatic heterocycles. The predicted octanol–water partition coefficient (Wildman–Crippen LogP) is 5.91. The average Bonchev–Trinajstić information content (AvgIpc) is 2.36. The molecule has 2 rings (SSSR count). The van der Waals surface area contributed by atoms with Gasteiger partial charge in [-0.05, 0) is 36.2 Å². The lowest BCUT2D eigenvalue weighted by Gasteiger charge is -2.14. The molecule has 0 fully saturated rings. The molecule has 0 saturated heterocycles. The fraction of sp³-hybridized carbons (Fsp3) is 0.143. The molecule has 19 heavy (non-hydrogen) atoms. The summed E-state index contributed by atoms with van der Waals surface area (Å²) >= 11 is 17.9. The summed E-state index contributed by atoms with van der Waals surface area (Å²) in [6.45, 7) is 1.59. The molecule has 0 radical (unpaired) electrons. The highest BCUT2D eigenvalue weighted by molar-refractivity contribution is 6.33. The minimum atomic E-state index is -0.828. The summed E-state index contributed by atoms with van der Waals surface area (Å²) in [4.78, 5) is 0. The Morgan fingerprint density at radius 1 is 1.00 bits per heavy atom. The van der Waals surface area contributed by atoms with Gasteiger partial charge in [-0.3, -0.25) is 0 Å². The van der Waals surface area contributed by atoms with E-state index in [4.69, 9.17) is 34.8 Å². The first-order valence-corrected chi connectivity index (χ1v) is 6.64. The Hall–Kier alpha value is -0.830. The number of halogens is 5. The molecular formula is C14H9Cl3F2. The Morgan fingerprint density at radius 3 is 2.37 bits per heavy atom. The molecule has 0 saturated carbocycles. The van der Waals surface area contributed by atoms with Gasteiger partial charge in [0.25, 0.3) is 0 Å². The van der Waals surface area contributed by atoms with Crippen LogP contribution < -0.4 is 0 Å². The molecule has 0 N–H and O–H groups in total. The van der Waals surface area contributed by atoms with Crippen LogP contribution in [0.5, 0.6) is 0 Å². The van der Waals surface area contributed by atoms with E-state index in [9.17, 15) is 8.78 Å². The molecule has 0 amide bonds. The predicted molar refractivity (Wildman–Crippen MR) is 75.3 cm³/mol. The molecule has 100 valence electrons. The first kappa shape index (κ1) is 14.6. The van der Waals surface area contributed by atoms with Crippen molar-refractivity contribution in [2.75, 3.05) is 0 Å². The highest BCUT2D eigenvalue weighted by Gasteiger charge is 2.20. The Morgan fingerprint density at radius 2 is 1.68 bits per heavy atom. The van der Waals surface area contributed by atoms with E-state index in [0.29, 0.717) is 11.1 Å². The van der Waals surface area contributed by atoms with E-state index in [1.54, 1.807) is 13.0 Å². The van der Waals surface area contributed by atoms with Crippen molar-refractivity contribution in [2.45, 2.75) is 12.3 Å². The minimum absolute atomic E-state index is 0.0156. The SMILES string of the molecule is Cc1cc(C(Cl)c2cccc(Cl)c2F)c(Cl)cc1F. The molecule has 0 bridgehead atoms. The van der Waals surface area contributed by atoms with E-state index in [0.717, 1.165) is 0 Å². The largest absolute Gasteiger partial charge is 0.207 e. The summed E-state index contributed by atoms with van der Waals surface area (Å²) in [6.07, 6.45) is 0. The van der Waals surface area contributed by atoms with Crippen molar-refractivity contribution in [1.82, 2.24) is 0 Å². The van der Waals surface area contributed by atoms with E-state index < -0.39 is 17.0 Å². The fourth-order valence-electron chi connectivity index (χ4n) is 1.76. The maximum atomic E-state index is 13.9. The van der Waals surface area contributed by atoms with Gasteiger partial charge in [0.05, 0.1) is 10.4 Å². The topological polar surface area (TPSA) is 0 Å². The quantitative estimate of drug-likeness (QED) is 0.603. The number of hydrogen-bond acceptors (Lipinski definition) is 0. The fourth-order valence-corrected chi connectivity index (χ4v) is 2.60. The van der Waals surface area contributed by atoms with Gasteiger partial charge in [0.1, 0.15) is 11.6 Å². The number of hydrogen-bond donors (Lipinski definition) is 0. The highest BCUT2D eigenvalue weighted by Crippen LogP contribution is 2.37. The smallest absolute Gasteiger partial charge is 0.146 e. The molecule has 5 heteroatoms. The van der Waals surface area contributed by atoms with Crippen LogP contribution in [0.1, 0.15) is 22.1 Å². The van der Waals surface area contributed by atoms with Crippen LogP contribution in [-0.4, -0.2) is 0 Å². The van der Waals surface area contributed by atoms with Crippen LogP contribution in [0.3, 0.4) is 0 Å². The lowest BCUT2D eigenvalue weighted by Crippen LogP contribution is -2.00. The molecule has 2 aromatic rings. The van der Waals surface area contributed by atoms with Gasteiger partial charge in [-0.2, -0.15) is 0 Å². The number of benzene rings is 2. The van der Waals surface area contributed by atoms with Crippen LogP contribution in [0.4, 0.5) is 8.78 Å². The normalized spacial score (nSPS) is 12.5. The number of rotatable bonds is 2. The maximum absolute atomic E-state index is 13.9. The van der Waals surface area contributed by atoms with Crippen molar-refractivity contribution >= 4 is 34.8 Å². The summed E-state index contributed by atoms with van der Waals surface area (Å²) in [6, 6.07) is 7.23. The first-order chi connectivity index (χ1) is 8.91. The van der Waals surface area contributed by atoms with E-state index >= 15 is 0 Å². The van der Waals surface area contributed by atoms with Crippen molar-refractivity contribution in [3.8, 4) is 0 Å². The van der Waals surface area contributed by atoms with E-state index in [2.05, 4.69) is 0 Å². The molecule has 0 aliphatic rings. The van der Waals surface area contributed by atoms with Gasteiger partial charge in [0.2, 0.25) is 0 Å². The van der Waals surface area contributed by atoms with E-state index in [1.807, 2.05) is 0 Å². The lowest BCUT2D eigenvalue weighted by molar-refractivity contribution is 0.610. The van der Waals surface area contributed by atoms with Crippen LogP contribution in [-0.2, 0) is 0 Å². The maximum Gasteiger partial charge on any atom is 0.146 e. The Bertz CT molecular complexity index is 626. The molecule has 0 aromatic heterocycles. The molecule has 0 aliphatic carbocycles. The molecule has 1 atom stereocenters. The van der Waals surface area contributed by atoms with Crippen LogP contribution in [0.15, 0.2) is 30.3 Å². The van der Waals surface area contributed by atoms with Gasteiger partial charge in [-0.1, -0.05) is 35.3 Å². The van der Waals surface area contributed by atoms with Crippen LogP contribution in [0.2, 0.25) is 10.0 Å². The Balaban J connectivity index is 2.53. The second-order valence-electron chi connectivity index (χ2n) is 4.13. The third-order valence-electron chi connectivity index (χ3n) is 2.81. The van der Waals surface area contributed by atoms with Crippen molar-refractivity contribution in [1.29, 1.82) is 0 Å². The molecular weight excluding hydrogens is 313 g/mol. The monoisotopic (exact) mass is 320 g/mol. The summed E-state index contributed by atoms with van der Waals surface area (Å²) < 4.78 is 27.3. The van der Waals surface area contributed by atoms with Crippen molar-refractivity contribution in [3.63, 3.8) is 0 Å². The lowest BCUT2D eigenvalue weighted by atomic mass is 10.0. The van der Waals surface area contributed by atoms with Gasteiger partial charge < -0.3 is 0 Å².